The third-order valence-electron chi connectivity index (χ3n) is 5.50. The van der Waals surface area contributed by atoms with Gasteiger partial charge in [0.15, 0.2) is 0 Å². The summed E-state index contributed by atoms with van der Waals surface area (Å²) >= 11 is 0. The minimum Gasteiger partial charge on any atom is -0.444 e. The van der Waals surface area contributed by atoms with Gasteiger partial charge in [-0.05, 0) is 69.8 Å². The molecular formula is C26H35N3O4. The van der Waals surface area contributed by atoms with Crippen LogP contribution in [0.5, 0.6) is 0 Å². The molecule has 0 saturated carbocycles. The summed E-state index contributed by atoms with van der Waals surface area (Å²) in [5.74, 6) is -0.00810. The van der Waals surface area contributed by atoms with Gasteiger partial charge in [-0.1, -0.05) is 42.5 Å². The first-order valence-electron chi connectivity index (χ1n) is 11.6. The summed E-state index contributed by atoms with van der Waals surface area (Å²) in [6, 6.07) is 16.8. The van der Waals surface area contributed by atoms with Crippen LogP contribution in [0.25, 0.3) is 0 Å². The molecule has 2 aromatic carbocycles. The Hall–Kier alpha value is -2.90. The fourth-order valence-electron chi connectivity index (χ4n) is 3.73. The monoisotopic (exact) mass is 453 g/mol. The van der Waals surface area contributed by atoms with Crippen molar-refractivity contribution in [1.29, 1.82) is 0 Å². The number of nitrogens with one attached hydrogen (secondary N) is 2. The minimum absolute atomic E-state index is 0.00810. The smallest absolute Gasteiger partial charge is 0.410 e. The van der Waals surface area contributed by atoms with Gasteiger partial charge in [0.05, 0.1) is 18.7 Å². The van der Waals surface area contributed by atoms with E-state index in [9.17, 15) is 14.7 Å². The van der Waals surface area contributed by atoms with Gasteiger partial charge < -0.3 is 25.4 Å². The lowest BCUT2D eigenvalue weighted by molar-refractivity contribution is -0.117. The molecule has 2 amide bonds. The summed E-state index contributed by atoms with van der Waals surface area (Å²) in [6.45, 7) is 6.89. The van der Waals surface area contributed by atoms with Crippen molar-refractivity contribution >= 4 is 17.7 Å². The number of hydrogen-bond donors (Lipinski definition) is 3. The zero-order chi connectivity index (χ0) is 23.8. The molecule has 7 nitrogen and oxygen atoms in total. The van der Waals surface area contributed by atoms with Crippen molar-refractivity contribution in [2.75, 3.05) is 25.0 Å². The van der Waals surface area contributed by atoms with Gasteiger partial charge >= 0.3 is 6.09 Å². The molecule has 0 bridgehead atoms. The van der Waals surface area contributed by atoms with Crippen LogP contribution < -0.4 is 10.6 Å². The lowest BCUT2D eigenvalue weighted by Crippen LogP contribution is -2.40. The van der Waals surface area contributed by atoms with Gasteiger partial charge in [-0.2, -0.15) is 0 Å². The number of carbonyl (C=O) groups is 2. The van der Waals surface area contributed by atoms with Gasteiger partial charge in [0, 0.05) is 12.2 Å². The summed E-state index contributed by atoms with van der Waals surface area (Å²) < 4.78 is 5.56. The Balaban J connectivity index is 1.60. The average Bonchev–Trinajstić information content (AvgIpc) is 3.32. The van der Waals surface area contributed by atoms with Gasteiger partial charge in [-0.15, -0.1) is 0 Å². The summed E-state index contributed by atoms with van der Waals surface area (Å²) in [5.41, 5.74) is 1.90. The number of hydrogen-bond acceptors (Lipinski definition) is 5. The van der Waals surface area contributed by atoms with Crippen LogP contribution in [-0.2, 0) is 16.0 Å². The Bertz CT molecular complexity index is 903. The summed E-state index contributed by atoms with van der Waals surface area (Å²) in [5, 5.41) is 16.8. The van der Waals surface area contributed by atoms with Crippen molar-refractivity contribution < 1.29 is 19.4 Å². The summed E-state index contributed by atoms with van der Waals surface area (Å²) in [7, 11) is 0. The van der Waals surface area contributed by atoms with E-state index in [1.807, 2.05) is 75.4 Å². The highest BCUT2D eigenvalue weighted by atomic mass is 16.6. The van der Waals surface area contributed by atoms with Crippen molar-refractivity contribution in [3.63, 3.8) is 0 Å². The molecule has 3 N–H and O–H groups in total. The van der Waals surface area contributed by atoms with Crippen molar-refractivity contribution in [3.05, 3.63) is 65.7 Å². The van der Waals surface area contributed by atoms with Crippen molar-refractivity contribution in [1.82, 2.24) is 10.2 Å². The van der Waals surface area contributed by atoms with Crippen LogP contribution in [0.15, 0.2) is 54.6 Å². The van der Waals surface area contributed by atoms with Gasteiger partial charge in [0.25, 0.3) is 0 Å². The molecule has 178 valence electrons. The van der Waals surface area contributed by atoms with Crippen LogP contribution in [-0.4, -0.2) is 53.3 Å². The van der Waals surface area contributed by atoms with E-state index in [0.29, 0.717) is 13.0 Å². The summed E-state index contributed by atoms with van der Waals surface area (Å²) in [6.07, 6.45) is 1.22. The largest absolute Gasteiger partial charge is 0.444 e. The molecule has 7 heteroatoms. The third-order valence-corrected chi connectivity index (χ3v) is 5.50. The van der Waals surface area contributed by atoms with Gasteiger partial charge in [-0.25, -0.2) is 4.79 Å². The maximum atomic E-state index is 12.8. The number of aliphatic hydroxyl groups is 1. The van der Waals surface area contributed by atoms with Crippen LogP contribution in [0, 0.1) is 0 Å². The lowest BCUT2D eigenvalue weighted by atomic mass is 10.1. The molecule has 33 heavy (non-hydrogen) atoms. The molecule has 0 spiro atoms. The highest BCUT2D eigenvalue weighted by Crippen LogP contribution is 2.18. The molecule has 0 radical (unpaired) electrons. The Morgan fingerprint density at radius 1 is 1.15 bits per heavy atom. The first-order chi connectivity index (χ1) is 15.7. The predicted molar refractivity (Wildman–Crippen MR) is 129 cm³/mol. The molecule has 3 rings (SSSR count). The SMILES string of the molecule is CC(C)(C)OC(=O)N(CCc1ccc(NC(=O)[C@@H]2CCCN2)cc1)C[C@H](O)c1ccccc1. The molecule has 1 aliphatic rings. The second kappa shape index (κ2) is 11.3. The normalized spacial score (nSPS) is 16.8. The first-order valence-corrected chi connectivity index (χ1v) is 11.6. The van der Waals surface area contributed by atoms with Crippen LogP contribution in [0.3, 0.4) is 0 Å². The summed E-state index contributed by atoms with van der Waals surface area (Å²) in [4.78, 5) is 26.6. The third kappa shape index (κ3) is 7.87. The van der Waals surface area contributed by atoms with E-state index in [0.717, 1.165) is 36.2 Å². The van der Waals surface area contributed by atoms with E-state index in [1.165, 1.54) is 0 Å². The second-order valence-corrected chi connectivity index (χ2v) is 9.44. The van der Waals surface area contributed by atoms with Crippen LogP contribution >= 0.6 is 0 Å². The minimum atomic E-state index is -0.805. The highest BCUT2D eigenvalue weighted by Gasteiger charge is 2.25. The first kappa shape index (κ1) is 24.7. The van der Waals surface area contributed by atoms with Crippen LogP contribution in [0.2, 0.25) is 0 Å². The number of anilines is 1. The van der Waals surface area contributed by atoms with Gasteiger partial charge in [0.2, 0.25) is 5.91 Å². The molecule has 0 unspecified atom stereocenters. The molecule has 2 aromatic rings. The number of amides is 2. The van der Waals surface area contributed by atoms with E-state index in [2.05, 4.69) is 10.6 Å². The quantitative estimate of drug-likeness (QED) is 0.564. The fourth-order valence-corrected chi connectivity index (χ4v) is 3.73. The Morgan fingerprint density at radius 2 is 1.85 bits per heavy atom. The topological polar surface area (TPSA) is 90.9 Å². The van der Waals surface area contributed by atoms with Crippen LogP contribution in [0.1, 0.15) is 50.8 Å². The van der Waals surface area contributed by atoms with Crippen molar-refractivity contribution in [3.8, 4) is 0 Å². The highest BCUT2D eigenvalue weighted by molar-refractivity contribution is 5.95. The number of aliphatic hydroxyl groups excluding tert-OH is 1. The fraction of sp³-hybridized carbons (Fsp3) is 0.462. The van der Waals surface area contributed by atoms with Gasteiger partial charge in [0.1, 0.15) is 5.60 Å². The van der Waals surface area contributed by atoms with Crippen molar-refractivity contribution in [2.24, 2.45) is 0 Å². The van der Waals surface area contributed by atoms with Gasteiger partial charge in [-0.3, -0.25) is 4.79 Å². The lowest BCUT2D eigenvalue weighted by Gasteiger charge is -2.29. The Morgan fingerprint density at radius 3 is 2.45 bits per heavy atom. The number of rotatable bonds is 8. The maximum absolute atomic E-state index is 12.8. The van der Waals surface area contributed by atoms with E-state index < -0.39 is 17.8 Å². The molecular weight excluding hydrogens is 418 g/mol. The van der Waals surface area contributed by atoms with E-state index >= 15 is 0 Å². The number of carbonyl (C=O) groups excluding carboxylic acids is 2. The molecule has 0 aromatic heterocycles. The Kier molecular flexibility index (Phi) is 8.47. The van der Waals surface area contributed by atoms with E-state index in [4.69, 9.17) is 4.74 Å². The number of benzene rings is 2. The number of nitrogens with zero attached hydrogens (tertiary/aromatic N) is 1. The molecule has 2 atom stereocenters. The second-order valence-electron chi connectivity index (χ2n) is 9.44. The predicted octanol–water partition coefficient (Wildman–Crippen LogP) is 3.89. The molecule has 1 aliphatic heterocycles. The molecule has 1 fully saturated rings. The van der Waals surface area contributed by atoms with E-state index in [1.54, 1.807) is 4.90 Å². The standard InChI is InChI=1S/C26H35N3O4/c1-26(2,3)33-25(32)29(18-23(30)20-8-5-4-6-9-20)17-15-19-11-13-21(14-12-19)28-24(31)22-10-7-16-27-22/h4-6,8-9,11-14,22-23,27,30H,7,10,15-18H2,1-3H3,(H,28,31)/t22-,23-/m0/s1. The zero-order valence-corrected chi connectivity index (χ0v) is 19.7. The number of ether oxygens (including phenoxy) is 1. The Labute approximate surface area is 196 Å². The van der Waals surface area contributed by atoms with E-state index in [-0.39, 0.29) is 18.5 Å². The molecule has 0 aliphatic carbocycles. The molecule has 1 heterocycles. The zero-order valence-electron chi connectivity index (χ0n) is 19.7. The van der Waals surface area contributed by atoms with Crippen molar-refractivity contribution in [2.45, 2.75) is 57.8 Å². The van der Waals surface area contributed by atoms with Crippen LogP contribution in [0.4, 0.5) is 10.5 Å². The maximum Gasteiger partial charge on any atom is 0.410 e. The molecule has 1 saturated heterocycles. The average molecular weight is 454 g/mol.